The number of hydrogen-bond acceptors (Lipinski definition) is 6. The van der Waals surface area contributed by atoms with E-state index in [1.807, 2.05) is 26.0 Å². The van der Waals surface area contributed by atoms with Gasteiger partial charge in [-0.2, -0.15) is 0 Å². The number of carbonyl (C=O) groups excluding carboxylic acids is 1. The fraction of sp³-hybridized carbons (Fsp3) is 0.444. The second-order valence-electron chi connectivity index (χ2n) is 10.3. The molecular formula is C27H29F2N3O4. The highest BCUT2D eigenvalue weighted by Crippen LogP contribution is 2.41. The van der Waals surface area contributed by atoms with Crippen LogP contribution in [0.25, 0.3) is 11.0 Å². The van der Waals surface area contributed by atoms with E-state index in [9.17, 15) is 18.7 Å². The van der Waals surface area contributed by atoms with Crippen LogP contribution >= 0.6 is 0 Å². The maximum Gasteiger partial charge on any atom is 0.284 e. The van der Waals surface area contributed by atoms with Crippen molar-refractivity contribution in [3.05, 3.63) is 70.1 Å². The number of aromatic nitrogens is 3. The number of hydrogen-bond donors (Lipinski definition) is 2. The van der Waals surface area contributed by atoms with E-state index in [0.29, 0.717) is 19.3 Å². The van der Waals surface area contributed by atoms with Crippen LogP contribution in [0.3, 0.4) is 0 Å². The Balaban J connectivity index is 1.46. The minimum atomic E-state index is -2.99. The summed E-state index contributed by atoms with van der Waals surface area (Å²) >= 11 is 0. The van der Waals surface area contributed by atoms with E-state index in [2.05, 4.69) is 21.0 Å². The van der Waals surface area contributed by atoms with Gasteiger partial charge in [0.1, 0.15) is 16.9 Å². The molecule has 2 N–H and O–H groups in total. The predicted molar refractivity (Wildman–Crippen MR) is 128 cm³/mol. The van der Waals surface area contributed by atoms with Crippen LogP contribution in [-0.2, 0) is 12.0 Å². The maximum absolute atomic E-state index is 13.6. The molecule has 9 heteroatoms. The Morgan fingerprint density at radius 3 is 2.69 bits per heavy atom. The van der Waals surface area contributed by atoms with Crippen molar-refractivity contribution >= 4 is 16.8 Å². The van der Waals surface area contributed by atoms with E-state index in [0.717, 1.165) is 39.2 Å². The van der Waals surface area contributed by atoms with Crippen molar-refractivity contribution in [2.45, 2.75) is 71.3 Å². The van der Waals surface area contributed by atoms with Crippen LogP contribution in [0.1, 0.15) is 95.9 Å². The van der Waals surface area contributed by atoms with Crippen LogP contribution in [0.4, 0.5) is 8.78 Å². The third kappa shape index (κ3) is 4.36. The van der Waals surface area contributed by atoms with Crippen molar-refractivity contribution in [1.29, 1.82) is 0 Å². The Hall–Kier alpha value is -3.33. The Kier molecular flexibility index (Phi) is 6.06. The minimum absolute atomic E-state index is 0.0132. The number of Topliss-reactive ketones (excluding diaryl/α,β-unsaturated/α-hetero) is 1. The van der Waals surface area contributed by atoms with Gasteiger partial charge in [-0.3, -0.25) is 4.79 Å². The Morgan fingerprint density at radius 2 is 2.00 bits per heavy atom. The average molecular weight is 498 g/mol. The van der Waals surface area contributed by atoms with Crippen molar-refractivity contribution in [3.63, 3.8) is 0 Å². The number of aliphatic hydroxyl groups is 1. The van der Waals surface area contributed by atoms with Crippen LogP contribution in [0.5, 0.6) is 0 Å². The molecule has 3 heterocycles. The maximum atomic E-state index is 13.6. The summed E-state index contributed by atoms with van der Waals surface area (Å²) in [7, 11) is 0. The Morgan fingerprint density at radius 1 is 1.25 bits per heavy atom. The number of benzene rings is 1. The van der Waals surface area contributed by atoms with E-state index in [1.165, 1.54) is 13.8 Å². The smallest absolute Gasteiger partial charge is 0.284 e. The molecule has 0 saturated carbocycles. The first-order chi connectivity index (χ1) is 17.0. The highest BCUT2D eigenvalue weighted by Gasteiger charge is 2.35. The van der Waals surface area contributed by atoms with Gasteiger partial charge in [-0.25, -0.2) is 18.7 Å². The summed E-state index contributed by atoms with van der Waals surface area (Å²) in [6, 6.07) is 6.14. The summed E-state index contributed by atoms with van der Waals surface area (Å²) in [5, 5.41) is 11.2. The van der Waals surface area contributed by atoms with Gasteiger partial charge in [0.05, 0.1) is 17.9 Å². The second-order valence-corrected chi connectivity index (χ2v) is 10.3. The highest BCUT2D eigenvalue weighted by molar-refractivity contribution is 5.94. The number of ketones is 1. The van der Waals surface area contributed by atoms with E-state index in [4.69, 9.17) is 8.83 Å². The van der Waals surface area contributed by atoms with Crippen molar-refractivity contribution in [2.75, 3.05) is 0 Å². The van der Waals surface area contributed by atoms with Gasteiger partial charge in [0.25, 0.3) is 6.43 Å². The van der Waals surface area contributed by atoms with Gasteiger partial charge in [-0.15, -0.1) is 0 Å². The number of rotatable bonds is 6. The molecule has 190 valence electrons. The highest BCUT2D eigenvalue weighted by atomic mass is 19.3. The molecule has 5 rings (SSSR count). The molecule has 4 aromatic rings. The summed E-state index contributed by atoms with van der Waals surface area (Å²) in [6.45, 7) is 6.78. The number of carbonyl (C=O) groups is 1. The van der Waals surface area contributed by atoms with Gasteiger partial charge in [0.2, 0.25) is 11.7 Å². The molecule has 3 aromatic heterocycles. The molecule has 7 nitrogen and oxygen atoms in total. The lowest BCUT2D eigenvalue weighted by molar-refractivity contribution is 0.0466. The van der Waals surface area contributed by atoms with Crippen molar-refractivity contribution in [1.82, 2.24) is 15.0 Å². The quantitative estimate of drug-likeness (QED) is 0.240. The van der Waals surface area contributed by atoms with Gasteiger partial charge >= 0.3 is 0 Å². The third-order valence-electron chi connectivity index (χ3n) is 7.02. The standard InChI is InChI=1S/C27H29F2N3O4/c1-13-5-6-14(2)23-16(13)11-20(35-23)17-9-15(7-8-18-21(17)31-12-30-18)10-19(33)24-22(25(28)29)32-26(36-24)27(3,4)34/h5-6,11-12,15,17,25,34H,7-10H2,1-4H3,(H,30,31)/t15?,17-/m0/s1. The molecule has 0 saturated heterocycles. The number of oxazole rings is 1. The lowest BCUT2D eigenvalue weighted by Gasteiger charge is -2.18. The van der Waals surface area contributed by atoms with Crippen molar-refractivity contribution in [3.8, 4) is 0 Å². The Bertz CT molecular complexity index is 1390. The van der Waals surface area contributed by atoms with Crippen LogP contribution in [-0.4, -0.2) is 25.8 Å². The number of fused-ring (bicyclic) bond motifs is 2. The van der Waals surface area contributed by atoms with Gasteiger partial charge in [-0.1, -0.05) is 12.1 Å². The van der Waals surface area contributed by atoms with E-state index < -0.39 is 29.3 Å². The number of alkyl halides is 2. The number of halogens is 2. The van der Waals surface area contributed by atoms with Crippen LogP contribution in [0, 0.1) is 19.8 Å². The van der Waals surface area contributed by atoms with Crippen molar-refractivity contribution < 1.29 is 27.5 Å². The zero-order valence-corrected chi connectivity index (χ0v) is 20.7. The first-order valence-corrected chi connectivity index (χ1v) is 12.1. The first-order valence-electron chi connectivity index (χ1n) is 12.1. The summed E-state index contributed by atoms with van der Waals surface area (Å²) in [6.07, 6.45) is 0.611. The number of H-pyrrole nitrogens is 1. The third-order valence-corrected chi connectivity index (χ3v) is 7.02. The zero-order chi connectivity index (χ0) is 25.8. The van der Waals surface area contributed by atoms with Crippen LogP contribution in [0.15, 0.2) is 33.4 Å². The molecule has 2 atom stereocenters. The summed E-state index contributed by atoms with van der Waals surface area (Å²) in [4.78, 5) is 24.7. The number of nitrogens with one attached hydrogen (secondary N) is 1. The lowest BCUT2D eigenvalue weighted by atomic mass is 9.87. The largest absolute Gasteiger partial charge is 0.460 e. The SMILES string of the molecule is Cc1ccc(C)c2oc([C@@H]3CC(CC(=O)c4oc(C(C)(C)O)nc4C(F)F)CCc4[nH]cnc43)cc12. The van der Waals surface area contributed by atoms with Gasteiger partial charge in [0.15, 0.2) is 11.5 Å². The van der Waals surface area contributed by atoms with E-state index in [-0.39, 0.29) is 24.1 Å². The second kappa shape index (κ2) is 8.96. The Labute approximate surface area is 206 Å². The number of aryl methyl sites for hydroxylation is 3. The fourth-order valence-electron chi connectivity index (χ4n) is 5.06. The molecular weight excluding hydrogens is 468 g/mol. The number of furan rings is 1. The van der Waals surface area contributed by atoms with Gasteiger partial charge < -0.3 is 18.9 Å². The van der Waals surface area contributed by atoms with E-state index in [1.54, 1.807) is 6.33 Å². The fourth-order valence-corrected chi connectivity index (χ4v) is 5.06. The van der Waals surface area contributed by atoms with Gasteiger partial charge in [-0.05, 0) is 70.1 Å². The van der Waals surface area contributed by atoms with Gasteiger partial charge in [0, 0.05) is 17.5 Å². The number of aromatic amines is 1. The lowest BCUT2D eigenvalue weighted by Crippen LogP contribution is -2.16. The summed E-state index contributed by atoms with van der Waals surface area (Å²) in [5.41, 5.74) is 2.55. The molecule has 0 bridgehead atoms. The molecule has 0 radical (unpaired) electrons. The molecule has 0 fully saturated rings. The molecule has 36 heavy (non-hydrogen) atoms. The summed E-state index contributed by atoms with van der Waals surface area (Å²) in [5.74, 6) is -0.864. The molecule has 0 amide bonds. The first kappa shape index (κ1) is 24.4. The molecule has 1 unspecified atom stereocenters. The molecule has 1 aliphatic rings. The van der Waals surface area contributed by atoms with Crippen LogP contribution < -0.4 is 0 Å². The van der Waals surface area contributed by atoms with Crippen LogP contribution in [0.2, 0.25) is 0 Å². The molecule has 1 aromatic carbocycles. The average Bonchev–Trinajstić information content (AvgIpc) is 3.54. The minimum Gasteiger partial charge on any atom is -0.460 e. The molecule has 1 aliphatic carbocycles. The topological polar surface area (TPSA) is 105 Å². The predicted octanol–water partition coefficient (Wildman–Crippen LogP) is 6.28. The zero-order valence-electron chi connectivity index (χ0n) is 20.7. The van der Waals surface area contributed by atoms with E-state index >= 15 is 0 Å². The number of imidazole rings is 1. The molecule has 0 aliphatic heterocycles. The molecule has 0 spiro atoms. The van der Waals surface area contributed by atoms with Crippen molar-refractivity contribution in [2.24, 2.45) is 5.92 Å². The number of nitrogens with zero attached hydrogens (tertiary/aromatic N) is 2. The summed E-state index contributed by atoms with van der Waals surface area (Å²) < 4.78 is 39.0. The normalized spacial score (nSPS) is 18.6. The monoisotopic (exact) mass is 497 g/mol.